The van der Waals surface area contributed by atoms with Crippen LogP contribution in [0.5, 0.6) is 0 Å². The lowest BCUT2D eigenvalue weighted by atomic mass is 10.0. The number of aromatic nitrogens is 2. The first-order valence-corrected chi connectivity index (χ1v) is 6.73. The molecule has 110 valence electrons. The maximum absolute atomic E-state index is 12.1. The SMILES string of the molecule is CCc1ccccc1C(=O)NCCn1cnc(C(=O)O)c1. The van der Waals surface area contributed by atoms with E-state index in [2.05, 4.69) is 10.3 Å². The zero-order valence-electron chi connectivity index (χ0n) is 11.7. The van der Waals surface area contributed by atoms with Crippen LogP contribution in [-0.2, 0) is 13.0 Å². The molecule has 2 N–H and O–H groups in total. The Morgan fingerprint density at radius 2 is 2.10 bits per heavy atom. The molecule has 0 saturated heterocycles. The first-order chi connectivity index (χ1) is 10.1. The Bertz CT molecular complexity index is 649. The number of rotatable bonds is 6. The molecule has 0 aliphatic heterocycles. The zero-order chi connectivity index (χ0) is 15.2. The summed E-state index contributed by atoms with van der Waals surface area (Å²) in [5, 5.41) is 11.6. The Morgan fingerprint density at radius 3 is 2.76 bits per heavy atom. The lowest BCUT2D eigenvalue weighted by molar-refractivity contribution is 0.0690. The van der Waals surface area contributed by atoms with E-state index in [-0.39, 0.29) is 11.6 Å². The van der Waals surface area contributed by atoms with Gasteiger partial charge in [0.1, 0.15) is 0 Å². The molecule has 0 radical (unpaired) electrons. The first kappa shape index (κ1) is 14.8. The van der Waals surface area contributed by atoms with Crippen molar-refractivity contribution in [3.8, 4) is 0 Å². The molecular formula is C15H17N3O3. The van der Waals surface area contributed by atoms with Gasteiger partial charge >= 0.3 is 5.97 Å². The van der Waals surface area contributed by atoms with E-state index in [0.717, 1.165) is 12.0 Å². The van der Waals surface area contributed by atoms with E-state index in [9.17, 15) is 9.59 Å². The van der Waals surface area contributed by atoms with Crippen molar-refractivity contribution in [1.29, 1.82) is 0 Å². The number of aryl methyl sites for hydroxylation is 1. The first-order valence-electron chi connectivity index (χ1n) is 6.73. The number of nitrogens with one attached hydrogen (secondary N) is 1. The van der Waals surface area contributed by atoms with Gasteiger partial charge in [0.15, 0.2) is 5.69 Å². The molecule has 1 aromatic heterocycles. The summed E-state index contributed by atoms with van der Waals surface area (Å²) in [4.78, 5) is 26.6. The number of hydrogen-bond donors (Lipinski definition) is 2. The molecule has 0 unspecified atom stereocenters. The number of aromatic carboxylic acids is 1. The van der Waals surface area contributed by atoms with E-state index in [0.29, 0.717) is 18.7 Å². The fraction of sp³-hybridized carbons (Fsp3) is 0.267. The highest BCUT2D eigenvalue weighted by Crippen LogP contribution is 2.09. The van der Waals surface area contributed by atoms with Gasteiger partial charge in [-0.1, -0.05) is 25.1 Å². The molecule has 0 aliphatic rings. The van der Waals surface area contributed by atoms with Gasteiger partial charge in [0.25, 0.3) is 5.91 Å². The third kappa shape index (κ3) is 3.68. The highest BCUT2D eigenvalue weighted by molar-refractivity contribution is 5.95. The maximum atomic E-state index is 12.1. The third-order valence-corrected chi connectivity index (χ3v) is 3.15. The normalized spacial score (nSPS) is 10.3. The molecule has 2 rings (SSSR count). The standard InChI is InChI=1S/C15H17N3O3/c1-2-11-5-3-4-6-12(11)14(19)16-7-8-18-9-13(15(20)21)17-10-18/h3-6,9-10H,2,7-8H2,1H3,(H,16,19)(H,20,21). The van der Waals surface area contributed by atoms with E-state index >= 15 is 0 Å². The summed E-state index contributed by atoms with van der Waals surface area (Å²) in [7, 11) is 0. The largest absolute Gasteiger partial charge is 0.476 e. The quantitative estimate of drug-likeness (QED) is 0.844. The maximum Gasteiger partial charge on any atom is 0.356 e. The Hall–Kier alpha value is -2.63. The predicted molar refractivity (Wildman–Crippen MR) is 77.3 cm³/mol. The molecule has 6 heteroatoms. The topological polar surface area (TPSA) is 84.2 Å². The molecule has 0 saturated carbocycles. The van der Waals surface area contributed by atoms with Crippen molar-refractivity contribution in [2.75, 3.05) is 6.54 Å². The zero-order valence-corrected chi connectivity index (χ0v) is 11.7. The molecule has 6 nitrogen and oxygen atoms in total. The van der Waals surface area contributed by atoms with Gasteiger partial charge in [0.2, 0.25) is 0 Å². The van der Waals surface area contributed by atoms with Gasteiger partial charge in [-0.25, -0.2) is 9.78 Å². The van der Waals surface area contributed by atoms with Crippen LogP contribution in [0.3, 0.4) is 0 Å². The van der Waals surface area contributed by atoms with Gasteiger partial charge in [-0.15, -0.1) is 0 Å². The molecule has 0 spiro atoms. The summed E-state index contributed by atoms with van der Waals surface area (Å²) < 4.78 is 1.63. The Balaban J connectivity index is 1.90. The smallest absolute Gasteiger partial charge is 0.356 e. The number of carbonyl (C=O) groups is 2. The number of carboxylic acids is 1. The number of benzene rings is 1. The van der Waals surface area contributed by atoms with Crippen LogP contribution in [0.2, 0.25) is 0 Å². The van der Waals surface area contributed by atoms with Crippen molar-refractivity contribution in [1.82, 2.24) is 14.9 Å². The minimum atomic E-state index is -1.06. The summed E-state index contributed by atoms with van der Waals surface area (Å²) in [6.07, 6.45) is 3.68. The summed E-state index contributed by atoms with van der Waals surface area (Å²) in [6.45, 7) is 2.89. The van der Waals surface area contributed by atoms with E-state index < -0.39 is 5.97 Å². The lowest BCUT2D eigenvalue weighted by Gasteiger charge is -2.09. The highest BCUT2D eigenvalue weighted by atomic mass is 16.4. The van der Waals surface area contributed by atoms with Crippen LogP contribution in [0, 0.1) is 0 Å². The Morgan fingerprint density at radius 1 is 1.33 bits per heavy atom. The van der Waals surface area contributed by atoms with Gasteiger partial charge in [-0.3, -0.25) is 4.79 Å². The van der Waals surface area contributed by atoms with Gasteiger partial charge in [0, 0.05) is 24.8 Å². The second kappa shape index (κ2) is 6.69. The molecule has 1 heterocycles. The lowest BCUT2D eigenvalue weighted by Crippen LogP contribution is -2.27. The fourth-order valence-corrected chi connectivity index (χ4v) is 2.04. The molecule has 21 heavy (non-hydrogen) atoms. The van der Waals surface area contributed by atoms with Gasteiger partial charge in [-0.05, 0) is 18.1 Å². The summed E-state index contributed by atoms with van der Waals surface area (Å²) in [6, 6.07) is 7.48. The number of amides is 1. The number of carbonyl (C=O) groups excluding carboxylic acids is 1. The number of hydrogen-bond acceptors (Lipinski definition) is 3. The van der Waals surface area contributed by atoms with Gasteiger partial charge < -0.3 is 15.0 Å². The number of carboxylic acid groups (broad SMARTS) is 1. The summed E-state index contributed by atoms with van der Waals surface area (Å²) in [5.74, 6) is -1.18. The molecule has 0 bridgehead atoms. The van der Waals surface area contributed by atoms with Crippen LogP contribution in [0.25, 0.3) is 0 Å². The van der Waals surface area contributed by atoms with Crippen LogP contribution in [0.1, 0.15) is 33.3 Å². The molecule has 1 aromatic carbocycles. The van der Waals surface area contributed by atoms with Crippen molar-refractivity contribution in [2.24, 2.45) is 0 Å². The second-order valence-electron chi connectivity index (χ2n) is 4.57. The summed E-state index contributed by atoms with van der Waals surface area (Å²) >= 11 is 0. The van der Waals surface area contributed by atoms with Crippen LogP contribution in [0.4, 0.5) is 0 Å². The molecule has 0 atom stereocenters. The monoisotopic (exact) mass is 287 g/mol. The van der Waals surface area contributed by atoms with Crippen molar-refractivity contribution in [2.45, 2.75) is 19.9 Å². The minimum Gasteiger partial charge on any atom is -0.476 e. The highest BCUT2D eigenvalue weighted by Gasteiger charge is 2.09. The van der Waals surface area contributed by atoms with E-state index in [1.165, 1.54) is 12.5 Å². The van der Waals surface area contributed by atoms with Gasteiger partial charge in [-0.2, -0.15) is 0 Å². The van der Waals surface area contributed by atoms with Crippen LogP contribution in [0.15, 0.2) is 36.8 Å². The van der Waals surface area contributed by atoms with Crippen molar-refractivity contribution in [3.63, 3.8) is 0 Å². The third-order valence-electron chi connectivity index (χ3n) is 3.15. The van der Waals surface area contributed by atoms with Crippen molar-refractivity contribution < 1.29 is 14.7 Å². The van der Waals surface area contributed by atoms with Crippen molar-refractivity contribution >= 4 is 11.9 Å². The average Bonchev–Trinajstić information content (AvgIpc) is 2.96. The number of nitrogens with zero attached hydrogens (tertiary/aromatic N) is 2. The van der Waals surface area contributed by atoms with E-state index in [4.69, 9.17) is 5.11 Å². The predicted octanol–water partition coefficient (Wildman–Crippen LogP) is 1.57. The molecular weight excluding hydrogens is 270 g/mol. The Kier molecular flexibility index (Phi) is 4.71. The number of imidazole rings is 1. The van der Waals surface area contributed by atoms with Crippen LogP contribution < -0.4 is 5.32 Å². The van der Waals surface area contributed by atoms with Crippen molar-refractivity contribution in [3.05, 3.63) is 53.6 Å². The summed E-state index contributed by atoms with van der Waals surface area (Å²) in [5.41, 5.74) is 1.68. The molecule has 0 aliphatic carbocycles. The molecule has 2 aromatic rings. The fourth-order valence-electron chi connectivity index (χ4n) is 2.04. The van der Waals surface area contributed by atoms with E-state index in [1.54, 1.807) is 10.6 Å². The average molecular weight is 287 g/mol. The van der Waals surface area contributed by atoms with Crippen LogP contribution in [-0.4, -0.2) is 33.1 Å². The minimum absolute atomic E-state index is 0.00217. The second-order valence-corrected chi connectivity index (χ2v) is 4.57. The molecule has 0 fully saturated rings. The van der Waals surface area contributed by atoms with E-state index in [1.807, 2.05) is 25.1 Å². The van der Waals surface area contributed by atoms with Gasteiger partial charge in [0.05, 0.1) is 6.33 Å². The Labute approximate surface area is 122 Å². The van der Waals surface area contributed by atoms with Crippen LogP contribution >= 0.6 is 0 Å². The molecule has 1 amide bonds.